The van der Waals surface area contributed by atoms with E-state index in [0.717, 1.165) is 28.9 Å². The lowest BCUT2D eigenvalue weighted by molar-refractivity contribution is -0.752. The maximum Gasteiger partial charge on any atom is 0.430 e. The molecule has 0 spiro atoms. The van der Waals surface area contributed by atoms with Gasteiger partial charge in [0.1, 0.15) is 41.4 Å². The quantitative estimate of drug-likeness (QED) is 0.0386. The van der Waals surface area contributed by atoms with Crippen LogP contribution in [0.2, 0.25) is 0 Å². The smallest absolute Gasteiger partial charge is 0.430 e. The van der Waals surface area contributed by atoms with Crippen molar-refractivity contribution in [3.8, 4) is 0 Å². The van der Waals surface area contributed by atoms with Gasteiger partial charge in [0.2, 0.25) is 6.41 Å². The first kappa shape index (κ1) is 41.4. The topological polar surface area (TPSA) is 188 Å². The number of ether oxygens (including phenoxy) is 1. The van der Waals surface area contributed by atoms with Crippen LogP contribution in [-0.4, -0.2) is 79.9 Å². The zero-order valence-electron chi connectivity index (χ0n) is 30.4. The molecular weight excluding hydrogens is 804 g/mol. The third-order valence-electron chi connectivity index (χ3n) is 8.90. The largest absolute Gasteiger partial charge is 0.542 e. The SMILES string of the molecule is C[n+]1cccn1CC1=C(C(=O)OC(c2ccccc2)c2ccccc2)N2C(=O)[C@@H](NC(=O)C(=NOC3C=CCC3)c3csc(NC=O)n3)[C@H]2SC1.O=C([O-])C(F)(F)F. The lowest BCUT2D eigenvalue weighted by atomic mass is 10.0. The Labute approximate surface area is 336 Å². The summed E-state index contributed by atoms with van der Waals surface area (Å²) in [5.74, 6) is -4.37. The van der Waals surface area contributed by atoms with Crippen molar-refractivity contribution in [2.75, 3.05) is 11.1 Å². The Morgan fingerprint density at radius 2 is 1.78 bits per heavy atom. The summed E-state index contributed by atoms with van der Waals surface area (Å²) in [7, 11) is 1.89. The van der Waals surface area contributed by atoms with Crippen molar-refractivity contribution in [1.82, 2.24) is 19.9 Å². The summed E-state index contributed by atoms with van der Waals surface area (Å²) in [5, 5.41) is 19.5. The number of aliphatic carboxylic acids is 1. The van der Waals surface area contributed by atoms with Crippen LogP contribution in [0.4, 0.5) is 18.3 Å². The molecule has 4 heterocycles. The van der Waals surface area contributed by atoms with Crippen molar-refractivity contribution in [1.29, 1.82) is 0 Å². The number of fused-ring (bicyclic) bond motifs is 1. The number of hydrogen-bond donors (Lipinski definition) is 2. The molecule has 0 bridgehead atoms. The van der Waals surface area contributed by atoms with Crippen molar-refractivity contribution in [3.63, 3.8) is 0 Å². The van der Waals surface area contributed by atoms with E-state index in [1.807, 2.05) is 108 Å². The molecule has 1 saturated heterocycles. The molecule has 3 amide bonds. The number of alkyl halides is 3. The van der Waals surface area contributed by atoms with Crippen LogP contribution in [0.5, 0.6) is 0 Å². The fourth-order valence-electron chi connectivity index (χ4n) is 6.08. The van der Waals surface area contributed by atoms with E-state index >= 15 is 0 Å². The highest BCUT2D eigenvalue weighted by molar-refractivity contribution is 8.00. The number of carboxylic acid groups (broad SMARTS) is 1. The second-order valence-corrected chi connectivity index (χ2v) is 14.7. The number of nitrogens with zero attached hydrogens (tertiary/aromatic N) is 5. The van der Waals surface area contributed by atoms with Gasteiger partial charge in [0, 0.05) is 17.2 Å². The summed E-state index contributed by atoms with van der Waals surface area (Å²) in [5.41, 5.74) is 2.49. The van der Waals surface area contributed by atoms with Crippen LogP contribution in [-0.2, 0) is 47.1 Å². The van der Waals surface area contributed by atoms with Gasteiger partial charge in [-0.05, 0) is 35.6 Å². The monoisotopic (exact) mass is 837 g/mol. The standard InChI is InChI=1S/C36H33N7O6S2.C2HF3O2/c1-41-17-10-18-42(41)19-25-20-50-34-29(39-32(45)28(40-49-26-15-8-9-16-26)27-21-51-36(38-27)37-22-44)33(46)43(34)30(25)35(47)48-31(23-11-4-2-5-12-23)24-13-6-3-7-14-24;3-2(4,5)1(6)7/h2-8,10-15,17-18,21-22,26,29,31,34H,9,16,19-20H2,1H3,(H-,37,38,39,44,45);(H,6,7)/t26?,29-,34-;/m1./s1. The summed E-state index contributed by atoms with van der Waals surface area (Å²) in [6.07, 6.45) is 3.44. The van der Waals surface area contributed by atoms with Crippen LogP contribution in [0.25, 0.3) is 0 Å². The van der Waals surface area contributed by atoms with Gasteiger partial charge in [-0.25, -0.2) is 9.78 Å². The molecule has 1 fully saturated rings. The molecule has 302 valence electrons. The third kappa shape index (κ3) is 9.63. The van der Waals surface area contributed by atoms with E-state index in [1.54, 1.807) is 5.38 Å². The number of carboxylic acids is 1. The number of rotatable bonds is 13. The van der Waals surface area contributed by atoms with E-state index in [9.17, 15) is 32.3 Å². The predicted molar refractivity (Wildman–Crippen MR) is 201 cm³/mol. The molecule has 1 aliphatic carbocycles. The molecule has 0 radical (unpaired) electrons. The van der Waals surface area contributed by atoms with E-state index < -0.39 is 47.4 Å². The number of aromatic nitrogens is 3. The van der Waals surface area contributed by atoms with Crippen molar-refractivity contribution in [2.24, 2.45) is 12.2 Å². The van der Waals surface area contributed by atoms with Crippen LogP contribution in [0.15, 0.2) is 113 Å². The molecule has 1 unspecified atom stereocenters. The van der Waals surface area contributed by atoms with Gasteiger partial charge in [-0.3, -0.25) is 19.3 Å². The number of thioether (sulfide) groups is 1. The number of halogens is 3. The Morgan fingerprint density at radius 3 is 2.34 bits per heavy atom. The molecular formula is C38H34F3N7O8S2. The zero-order valence-corrected chi connectivity index (χ0v) is 32.0. The van der Waals surface area contributed by atoms with Crippen molar-refractivity contribution in [3.05, 3.63) is 125 Å². The zero-order chi connectivity index (χ0) is 41.4. The van der Waals surface area contributed by atoms with E-state index in [-0.39, 0.29) is 28.3 Å². The van der Waals surface area contributed by atoms with E-state index in [1.165, 1.54) is 16.7 Å². The number of β-lactam (4-membered cyclic amide) rings is 1. The lowest BCUT2D eigenvalue weighted by Gasteiger charge is -2.49. The molecule has 2 aliphatic heterocycles. The minimum atomic E-state index is -5.19. The highest BCUT2D eigenvalue weighted by atomic mass is 32.2. The summed E-state index contributed by atoms with van der Waals surface area (Å²) < 4.78 is 41.6. The molecule has 3 aliphatic rings. The molecule has 3 atom stereocenters. The highest BCUT2D eigenvalue weighted by Gasteiger charge is 2.55. The molecule has 2 aromatic heterocycles. The number of anilines is 1. The average Bonchev–Trinajstić information content (AvgIpc) is 4.00. The Kier molecular flexibility index (Phi) is 13.1. The number of benzene rings is 2. The van der Waals surface area contributed by atoms with Gasteiger partial charge in [-0.2, -0.15) is 17.9 Å². The Morgan fingerprint density at radius 1 is 1.10 bits per heavy atom. The lowest BCUT2D eigenvalue weighted by Crippen LogP contribution is -2.71. The second-order valence-electron chi connectivity index (χ2n) is 12.8. The van der Waals surface area contributed by atoms with Gasteiger partial charge in [0.15, 0.2) is 30.2 Å². The number of carbonyl (C=O) groups excluding carboxylic acids is 5. The van der Waals surface area contributed by atoms with Crippen molar-refractivity contribution < 1.29 is 56.5 Å². The van der Waals surface area contributed by atoms with Gasteiger partial charge < -0.3 is 30.1 Å². The Hall–Kier alpha value is -6.28. The van der Waals surface area contributed by atoms with Crippen LogP contribution >= 0.6 is 23.1 Å². The minimum Gasteiger partial charge on any atom is -0.542 e. The second kappa shape index (κ2) is 18.3. The summed E-state index contributed by atoms with van der Waals surface area (Å²) >= 11 is 2.57. The molecule has 4 aromatic rings. The first-order valence-corrected chi connectivity index (χ1v) is 19.4. The highest BCUT2D eigenvalue weighted by Crippen LogP contribution is 2.42. The number of amides is 3. The van der Waals surface area contributed by atoms with Gasteiger partial charge in [-0.1, -0.05) is 71.9 Å². The molecule has 7 rings (SSSR count). The van der Waals surface area contributed by atoms with Gasteiger partial charge in [0.05, 0.1) is 6.20 Å². The van der Waals surface area contributed by atoms with E-state index in [0.29, 0.717) is 30.7 Å². The van der Waals surface area contributed by atoms with Gasteiger partial charge in [-0.15, -0.1) is 27.8 Å². The third-order valence-corrected chi connectivity index (χ3v) is 11.0. The number of aryl methyl sites for hydroxylation is 1. The molecule has 20 heteroatoms. The average molecular weight is 838 g/mol. The first-order valence-electron chi connectivity index (χ1n) is 17.5. The molecule has 2 N–H and O–H groups in total. The van der Waals surface area contributed by atoms with Crippen molar-refractivity contribution in [2.45, 2.75) is 49.2 Å². The van der Waals surface area contributed by atoms with Crippen molar-refractivity contribution >= 4 is 64.1 Å². The summed E-state index contributed by atoms with van der Waals surface area (Å²) in [6, 6.07) is 19.8. The summed E-state index contributed by atoms with van der Waals surface area (Å²) in [4.78, 5) is 73.3. The van der Waals surface area contributed by atoms with Crippen LogP contribution in [0, 0.1) is 0 Å². The molecule has 2 aromatic carbocycles. The predicted octanol–water partition coefficient (Wildman–Crippen LogP) is 2.76. The number of esters is 1. The minimum absolute atomic E-state index is 0.137. The van der Waals surface area contributed by atoms with E-state index in [4.69, 9.17) is 19.5 Å². The number of oxime groups is 1. The fourth-order valence-corrected chi connectivity index (χ4v) is 8.07. The number of thiazole rings is 1. The van der Waals surface area contributed by atoms with Crippen LogP contribution < -0.4 is 20.4 Å². The first-order chi connectivity index (χ1) is 27.8. The molecule has 0 saturated carbocycles. The Bertz CT molecular complexity index is 2210. The van der Waals surface area contributed by atoms with Gasteiger partial charge >= 0.3 is 12.1 Å². The Balaban J connectivity index is 0.000000743. The number of nitrogens with one attached hydrogen (secondary N) is 2. The number of allylic oxidation sites excluding steroid dienone is 1. The normalized spacial score (nSPS) is 18.8. The maximum atomic E-state index is 14.3. The summed E-state index contributed by atoms with van der Waals surface area (Å²) in [6.45, 7) is 0.348. The number of carbonyl (C=O) groups is 5. The van der Waals surface area contributed by atoms with Crippen LogP contribution in [0.3, 0.4) is 0 Å². The fraction of sp³-hybridized carbons (Fsp3) is 0.263. The maximum absolute atomic E-state index is 14.3. The molecule has 58 heavy (non-hydrogen) atoms. The number of hydrogen-bond acceptors (Lipinski definition) is 12. The van der Waals surface area contributed by atoms with Gasteiger partial charge in [0.25, 0.3) is 11.8 Å². The van der Waals surface area contributed by atoms with E-state index in [2.05, 4.69) is 20.8 Å². The molecule has 15 nitrogen and oxygen atoms in total. The van der Waals surface area contributed by atoms with Crippen LogP contribution in [0.1, 0.15) is 35.8 Å².